The lowest BCUT2D eigenvalue weighted by atomic mass is 10.0. The molecule has 4 rings (SSSR count). The highest BCUT2D eigenvalue weighted by atomic mass is 19.4. The first kappa shape index (κ1) is 28.5. The molecule has 2 fully saturated rings. The van der Waals surface area contributed by atoms with Crippen LogP contribution in [0.3, 0.4) is 0 Å². The Morgan fingerprint density at radius 3 is 2.28 bits per heavy atom. The number of carbonyl (C=O) groups is 1. The Morgan fingerprint density at radius 2 is 1.69 bits per heavy atom. The van der Waals surface area contributed by atoms with E-state index in [1.165, 1.54) is 0 Å². The van der Waals surface area contributed by atoms with E-state index < -0.39 is 53.5 Å². The summed E-state index contributed by atoms with van der Waals surface area (Å²) in [6, 6.07) is -1.19. The lowest BCUT2D eigenvalue weighted by Gasteiger charge is -2.36. The zero-order valence-corrected chi connectivity index (χ0v) is 20.3. The SMILES string of the molecule is O=C1[C@H](OC[C@H](CO)Nc2cn[nH]c(=O)c2C(F)(F)F)CCN1C1CCN(c2ncc(C(F)(F)F)cn2)CC1. The maximum absolute atomic E-state index is 13.3. The molecular weight excluding hydrogens is 540 g/mol. The first-order valence-electron chi connectivity index (χ1n) is 12.0. The van der Waals surface area contributed by atoms with Crippen LogP contribution in [0, 0.1) is 0 Å². The van der Waals surface area contributed by atoms with Gasteiger partial charge >= 0.3 is 12.4 Å². The zero-order valence-electron chi connectivity index (χ0n) is 20.3. The van der Waals surface area contributed by atoms with Gasteiger partial charge < -0.3 is 25.0 Å². The lowest BCUT2D eigenvalue weighted by molar-refractivity contribution is -0.140. The number of aliphatic hydroxyl groups excluding tert-OH is 1. The van der Waals surface area contributed by atoms with E-state index in [1.807, 2.05) is 0 Å². The van der Waals surface area contributed by atoms with Crippen molar-refractivity contribution in [3.63, 3.8) is 0 Å². The van der Waals surface area contributed by atoms with Gasteiger partial charge in [0.25, 0.3) is 11.5 Å². The van der Waals surface area contributed by atoms with E-state index in [0.29, 0.717) is 38.9 Å². The van der Waals surface area contributed by atoms with Crippen LogP contribution in [0.15, 0.2) is 23.4 Å². The standard InChI is InChI=1S/C22H25F6N7O4/c23-21(24,25)12-7-29-20(30-8-12)34-4-1-14(2-5-34)35-6-3-16(19(35)38)39-11-13(10-36)32-15-9-31-33-18(37)17(15)22(26,27)28/h7-9,13-14,16,36H,1-6,10-11H2,(H2,32,33,37)/t13-,16+/m0/s1. The molecule has 0 aliphatic carbocycles. The molecule has 214 valence electrons. The van der Waals surface area contributed by atoms with Gasteiger partial charge in [0, 0.05) is 44.5 Å². The largest absolute Gasteiger partial charge is 0.423 e. The molecule has 0 aromatic carbocycles. The minimum atomic E-state index is -4.96. The van der Waals surface area contributed by atoms with E-state index in [1.54, 1.807) is 14.9 Å². The van der Waals surface area contributed by atoms with E-state index in [2.05, 4.69) is 20.4 Å². The summed E-state index contributed by atoms with van der Waals surface area (Å²) < 4.78 is 83.6. The number of H-pyrrole nitrogens is 1. The summed E-state index contributed by atoms with van der Waals surface area (Å²) in [4.78, 5) is 35.6. The van der Waals surface area contributed by atoms with Crippen LogP contribution in [-0.4, -0.2) is 87.1 Å². The fourth-order valence-electron chi connectivity index (χ4n) is 4.58. The number of anilines is 2. The normalized spacial score (nSPS) is 20.0. The van der Waals surface area contributed by atoms with Gasteiger partial charge in [0.2, 0.25) is 5.95 Å². The molecular formula is C22H25F6N7O4. The topological polar surface area (TPSA) is 137 Å². The number of halogens is 6. The highest BCUT2D eigenvalue weighted by Gasteiger charge is 2.40. The molecule has 4 heterocycles. The van der Waals surface area contributed by atoms with Gasteiger partial charge in [-0.1, -0.05) is 0 Å². The third-order valence-corrected chi connectivity index (χ3v) is 6.56. The smallest absolute Gasteiger partial charge is 0.394 e. The number of hydrogen-bond acceptors (Lipinski definition) is 9. The van der Waals surface area contributed by atoms with Crippen molar-refractivity contribution in [1.29, 1.82) is 0 Å². The van der Waals surface area contributed by atoms with Crippen LogP contribution < -0.4 is 15.8 Å². The summed E-state index contributed by atoms with van der Waals surface area (Å²) in [6.45, 7) is 0.285. The highest BCUT2D eigenvalue weighted by Crippen LogP contribution is 2.32. The molecule has 0 unspecified atom stereocenters. The second-order valence-electron chi connectivity index (χ2n) is 9.14. The van der Waals surface area contributed by atoms with Crippen LogP contribution in [0.5, 0.6) is 0 Å². The number of nitrogens with one attached hydrogen (secondary N) is 2. The zero-order chi connectivity index (χ0) is 28.4. The molecule has 0 saturated carbocycles. The first-order valence-corrected chi connectivity index (χ1v) is 12.0. The molecule has 11 nitrogen and oxygen atoms in total. The summed E-state index contributed by atoms with van der Waals surface area (Å²) >= 11 is 0. The van der Waals surface area contributed by atoms with Gasteiger partial charge in [0.05, 0.1) is 36.7 Å². The minimum absolute atomic E-state index is 0.139. The molecule has 2 aromatic rings. The number of likely N-dealkylation sites (tertiary alicyclic amines) is 1. The van der Waals surface area contributed by atoms with Crippen molar-refractivity contribution in [3.05, 3.63) is 40.1 Å². The number of hydrogen-bond donors (Lipinski definition) is 3. The fraction of sp³-hybridized carbons (Fsp3) is 0.591. The van der Waals surface area contributed by atoms with Crippen LogP contribution in [-0.2, 0) is 21.9 Å². The quantitative estimate of drug-likeness (QED) is 0.408. The Bertz CT molecular complexity index is 1200. The maximum atomic E-state index is 13.3. The Kier molecular flexibility index (Phi) is 8.29. The van der Waals surface area contributed by atoms with Crippen molar-refractivity contribution in [3.8, 4) is 0 Å². The van der Waals surface area contributed by atoms with Crippen LogP contribution >= 0.6 is 0 Å². The molecule has 2 aromatic heterocycles. The average Bonchev–Trinajstić information content (AvgIpc) is 3.25. The van der Waals surface area contributed by atoms with Gasteiger partial charge in [0.1, 0.15) is 11.7 Å². The molecule has 39 heavy (non-hydrogen) atoms. The van der Waals surface area contributed by atoms with E-state index in [-0.39, 0.29) is 24.5 Å². The van der Waals surface area contributed by atoms with Crippen molar-refractivity contribution in [1.82, 2.24) is 25.1 Å². The van der Waals surface area contributed by atoms with Crippen LogP contribution in [0.4, 0.5) is 38.0 Å². The number of ether oxygens (including phenoxy) is 1. The van der Waals surface area contributed by atoms with Crippen LogP contribution in [0.2, 0.25) is 0 Å². The molecule has 2 aliphatic heterocycles. The third-order valence-electron chi connectivity index (χ3n) is 6.56. The summed E-state index contributed by atoms with van der Waals surface area (Å²) in [5.74, 6) is -0.132. The van der Waals surface area contributed by atoms with Crippen LogP contribution in [0.1, 0.15) is 30.4 Å². The van der Waals surface area contributed by atoms with Crippen molar-refractivity contribution >= 4 is 17.5 Å². The average molecular weight is 565 g/mol. The lowest BCUT2D eigenvalue weighted by Crippen LogP contribution is -2.47. The Labute approximate surface area is 217 Å². The maximum Gasteiger partial charge on any atom is 0.423 e. The number of aliphatic hydroxyl groups is 1. The molecule has 1 amide bonds. The molecule has 0 radical (unpaired) electrons. The van der Waals surface area contributed by atoms with E-state index in [9.17, 15) is 41.0 Å². The summed E-state index contributed by atoms with van der Waals surface area (Å²) in [6.07, 6.45) is -6.74. The van der Waals surface area contributed by atoms with Crippen molar-refractivity contribution < 1.29 is 41.0 Å². The van der Waals surface area contributed by atoms with Crippen molar-refractivity contribution in [2.75, 3.05) is 43.1 Å². The van der Waals surface area contributed by atoms with Gasteiger partial charge in [-0.3, -0.25) is 9.59 Å². The minimum Gasteiger partial charge on any atom is -0.394 e. The van der Waals surface area contributed by atoms with Crippen molar-refractivity contribution in [2.45, 2.75) is 49.8 Å². The highest BCUT2D eigenvalue weighted by molar-refractivity contribution is 5.83. The van der Waals surface area contributed by atoms with Gasteiger partial charge in [-0.15, -0.1) is 0 Å². The van der Waals surface area contributed by atoms with Gasteiger partial charge in [-0.2, -0.15) is 31.4 Å². The molecule has 17 heteroatoms. The number of rotatable bonds is 8. The molecule has 0 bridgehead atoms. The Morgan fingerprint density at radius 1 is 1.03 bits per heavy atom. The summed E-state index contributed by atoms with van der Waals surface area (Å²) in [7, 11) is 0. The molecule has 3 N–H and O–H groups in total. The Hall–Kier alpha value is -3.47. The van der Waals surface area contributed by atoms with Gasteiger partial charge in [-0.25, -0.2) is 15.1 Å². The molecule has 2 atom stereocenters. The predicted molar refractivity (Wildman–Crippen MR) is 123 cm³/mol. The number of aromatic nitrogens is 4. The second-order valence-corrected chi connectivity index (χ2v) is 9.14. The van der Waals surface area contributed by atoms with E-state index >= 15 is 0 Å². The summed E-state index contributed by atoms with van der Waals surface area (Å²) in [5, 5.41) is 17.1. The van der Waals surface area contributed by atoms with Gasteiger partial charge in [-0.05, 0) is 12.8 Å². The van der Waals surface area contributed by atoms with E-state index in [0.717, 1.165) is 18.6 Å². The number of carbonyl (C=O) groups excluding carboxylic acids is 1. The van der Waals surface area contributed by atoms with Crippen molar-refractivity contribution in [2.24, 2.45) is 0 Å². The first-order chi connectivity index (χ1) is 18.4. The number of piperidine rings is 1. The fourth-order valence-corrected chi connectivity index (χ4v) is 4.58. The molecule has 2 saturated heterocycles. The second kappa shape index (κ2) is 11.3. The number of amides is 1. The summed E-state index contributed by atoms with van der Waals surface area (Å²) in [5.41, 5.74) is -4.50. The molecule has 2 aliphatic rings. The number of alkyl halides is 6. The van der Waals surface area contributed by atoms with E-state index in [4.69, 9.17) is 4.74 Å². The Balaban J connectivity index is 1.29. The molecule has 0 spiro atoms. The predicted octanol–water partition coefficient (Wildman–Crippen LogP) is 1.66. The van der Waals surface area contributed by atoms with Gasteiger partial charge in [0.15, 0.2) is 0 Å². The third kappa shape index (κ3) is 6.58. The number of nitrogens with zero attached hydrogens (tertiary/aromatic N) is 5. The monoisotopic (exact) mass is 565 g/mol. The number of aromatic amines is 1. The van der Waals surface area contributed by atoms with Crippen LogP contribution in [0.25, 0.3) is 0 Å².